The molecule has 3 aliphatic rings. The van der Waals surface area contributed by atoms with Gasteiger partial charge in [-0.25, -0.2) is 0 Å². The van der Waals surface area contributed by atoms with Crippen molar-refractivity contribution in [1.29, 1.82) is 0 Å². The molecular formula is C50H37BN2OSi. The third kappa shape index (κ3) is 4.63. The summed E-state index contributed by atoms with van der Waals surface area (Å²) in [6, 6.07) is 69.8. The molecular weight excluding hydrogens is 683 g/mol. The van der Waals surface area contributed by atoms with E-state index in [1.807, 2.05) is 0 Å². The minimum absolute atomic E-state index is 0.0441. The lowest BCUT2D eigenvalue weighted by atomic mass is 9.34. The number of rotatable bonds is 4. The highest BCUT2D eigenvalue weighted by Gasteiger charge is 2.49. The average molecular weight is 721 g/mol. The molecule has 0 fully saturated rings. The van der Waals surface area contributed by atoms with E-state index in [2.05, 4.69) is 212 Å². The van der Waals surface area contributed by atoms with Gasteiger partial charge in [-0.15, -0.1) is 0 Å². The fourth-order valence-electron chi connectivity index (χ4n) is 9.62. The van der Waals surface area contributed by atoms with E-state index in [-0.39, 0.29) is 6.71 Å². The summed E-state index contributed by atoms with van der Waals surface area (Å²) in [7, 11) is -2.78. The zero-order valence-corrected chi connectivity index (χ0v) is 31.8. The van der Waals surface area contributed by atoms with Crippen LogP contribution in [0.15, 0.2) is 188 Å². The number of fused-ring (bicyclic) bond motifs is 6. The summed E-state index contributed by atoms with van der Waals surface area (Å²) < 4.78 is 6.60. The largest absolute Gasteiger partial charge is 0.458 e. The molecule has 0 bridgehead atoms. The van der Waals surface area contributed by atoms with E-state index in [1.54, 1.807) is 0 Å². The number of hydrogen-bond acceptors (Lipinski definition) is 3. The lowest BCUT2D eigenvalue weighted by molar-refractivity contribution is 0.487. The van der Waals surface area contributed by atoms with E-state index >= 15 is 0 Å². The Kier molecular flexibility index (Phi) is 7.10. The number of para-hydroxylation sites is 2. The second-order valence-electron chi connectivity index (χ2n) is 15.0. The van der Waals surface area contributed by atoms with E-state index < -0.39 is 8.07 Å². The molecule has 0 atom stereocenters. The molecule has 0 saturated heterocycles. The SMILES string of the molecule is Cc1ccc2c(c1)[Si](c1ccccc1)(c1ccccc1)c1cc(C)ccc1N2c1ccc2c(c1)N(c1ccccc1)c1cccc3c1B2c1ccccc1O3. The number of hydrogen-bond donors (Lipinski definition) is 0. The number of nitrogens with zero attached hydrogens (tertiary/aromatic N) is 2. The van der Waals surface area contributed by atoms with Crippen molar-refractivity contribution in [3.8, 4) is 11.5 Å². The molecule has 8 aromatic rings. The highest BCUT2D eigenvalue weighted by molar-refractivity contribution is 7.21. The van der Waals surface area contributed by atoms with Crippen molar-refractivity contribution in [2.24, 2.45) is 0 Å². The molecule has 3 nitrogen and oxygen atoms in total. The Bertz CT molecular complexity index is 2690. The van der Waals surface area contributed by atoms with Gasteiger partial charge in [-0.3, -0.25) is 0 Å². The van der Waals surface area contributed by atoms with Crippen molar-refractivity contribution in [3.63, 3.8) is 0 Å². The molecule has 0 radical (unpaired) electrons. The van der Waals surface area contributed by atoms with Crippen LogP contribution in [-0.2, 0) is 0 Å². The number of aryl methyl sites for hydroxylation is 2. The summed E-state index contributed by atoms with van der Waals surface area (Å²) in [6.07, 6.45) is 0. The second kappa shape index (κ2) is 12.2. The van der Waals surface area contributed by atoms with Crippen LogP contribution >= 0.6 is 0 Å². The smallest absolute Gasteiger partial charge is 0.256 e. The Morgan fingerprint density at radius 1 is 0.418 bits per heavy atom. The summed E-state index contributed by atoms with van der Waals surface area (Å²) in [6.45, 7) is 4.52. The Morgan fingerprint density at radius 2 is 0.982 bits per heavy atom. The van der Waals surface area contributed by atoms with Crippen LogP contribution in [0.5, 0.6) is 11.5 Å². The van der Waals surface area contributed by atoms with Gasteiger partial charge in [0, 0.05) is 34.1 Å². The maximum atomic E-state index is 6.60. The maximum Gasteiger partial charge on any atom is 0.256 e. The summed E-state index contributed by atoms with van der Waals surface area (Å²) in [4.78, 5) is 4.97. The first-order chi connectivity index (χ1) is 27.1. The van der Waals surface area contributed by atoms with Gasteiger partial charge in [0.25, 0.3) is 6.71 Å². The zero-order chi connectivity index (χ0) is 36.7. The first kappa shape index (κ1) is 31.9. The van der Waals surface area contributed by atoms with E-state index in [4.69, 9.17) is 4.74 Å². The van der Waals surface area contributed by atoms with Gasteiger partial charge in [0.05, 0.1) is 0 Å². The van der Waals surface area contributed by atoms with Gasteiger partial charge in [-0.1, -0.05) is 145 Å². The normalized spacial score (nSPS) is 14.2. The summed E-state index contributed by atoms with van der Waals surface area (Å²) in [5.74, 6) is 1.85. The molecule has 8 aromatic carbocycles. The topological polar surface area (TPSA) is 15.7 Å². The van der Waals surface area contributed by atoms with Crippen LogP contribution in [-0.4, -0.2) is 14.8 Å². The van der Waals surface area contributed by atoms with Crippen LogP contribution in [0.3, 0.4) is 0 Å². The van der Waals surface area contributed by atoms with Gasteiger partial charge in [0.15, 0.2) is 8.07 Å². The molecule has 0 N–H and O–H groups in total. The number of benzene rings is 8. The van der Waals surface area contributed by atoms with Gasteiger partial charge < -0.3 is 14.5 Å². The summed E-state index contributed by atoms with van der Waals surface area (Å²) in [5.41, 5.74) is 13.3. The minimum atomic E-state index is -2.78. The third-order valence-corrected chi connectivity index (χ3v) is 16.7. The standard InChI is InChI=1S/C50H37BN2OSi/c1-34-25-29-42-48(31-34)55(38-17-8-4-9-18-38,39-19-10-5-11-20-39)49-32-35(2)26-30-43(49)53(42)37-27-28-40-45(33-37)52(36-15-6-3-7-16-36)44-22-14-24-47-50(44)51(40)41-21-12-13-23-46(41)54-47/h3-33H,1-2H3. The van der Waals surface area contributed by atoms with Crippen molar-refractivity contribution >= 4 is 86.0 Å². The molecule has 0 saturated carbocycles. The predicted octanol–water partition coefficient (Wildman–Crippen LogP) is 7.87. The van der Waals surface area contributed by atoms with Crippen LogP contribution < -0.4 is 51.7 Å². The molecule has 0 spiro atoms. The van der Waals surface area contributed by atoms with Gasteiger partial charge in [-0.2, -0.15) is 0 Å². The van der Waals surface area contributed by atoms with Crippen LogP contribution in [0.2, 0.25) is 0 Å². The van der Waals surface area contributed by atoms with Crippen molar-refractivity contribution in [3.05, 3.63) is 199 Å². The van der Waals surface area contributed by atoms with Crippen LogP contribution in [0.1, 0.15) is 11.1 Å². The minimum Gasteiger partial charge on any atom is -0.458 e. The molecule has 3 heterocycles. The van der Waals surface area contributed by atoms with Gasteiger partial charge in [-0.05, 0) is 106 Å². The first-order valence-corrected chi connectivity index (χ1v) is 21.1. The van der Waals surface area contributed by atoms with Crippen molar-refractivity contribution < 1.29 is 4.74 Å². The second-order valence-corrected chi connectivity index (χ2v) is 18.8. The summed E-state index contributed by atoms with van der Waals surface area (Å²) in [5, 5.41) is 5.61. The van der Waals surface area contributed by atoms with Crippen LogP contribution in [0.25, 0.3) is 0 Å². The fourth-order valence-corrected chi connectivity index (χ4v) is 14.9. The van der Waals surface area contributed by atoms with Gasteiger partial charge in [0.1, 0.15) is 11.5 Å². The highest BCUT2D eigenvalue weighted by Crippen LogP contribution is 2.44. The Labute approximate surface area is 323 Å². The van der Waals surface area contributed by atoms with Crippen LogP contribution in [0, 0.1) is 13.8 Å². The predicted molar refractivity (Wildman–Crippen MR) is 234 cm³/mol. The quantitative estimate of drug-likeness (QED) is 0.172. The Morgan fingerprint density at radius 3 is 1.64 bits per heavy atom. The number of anilines is 6. The highest BCUT2D eigenvalue weighted by atomic mass is 28.3. The lowest BCUT2D eigenvalue weighted by Gasteiger charge is -2.46. The molecule has 55 heavy (non-hydrogen) atoms. The van der Waals surface area contributed by atoms with Crippen molar-refractivity contribution in [1.82, 2.24) is 0 Å². The maximum absolute atomic E-state index is 6.60. The van der Waals surface area contributed by atoms with Crippen molar-refractivity contribution in [2.45, 2.75) is 13.8 Å². The monoisotopic (exact) mass is 720 g/mol. The van der Waals surface area contributed by atoms with Crippen LogP contribution in [0.4, 0.5) is 34.1 Å². The molecule has 0 aliphatic carbocycles. The Balaban J connectivity index is 1.20. The Hall–Kier alpha value is -6.56. The molecule has 5 heteroatoms. The van der Waals surface area contributed by atoms with E-state index in [0.717, 1.165) is 28.6 Å². The van der Waals surface area contributed by atoms with Gasteiger partial charge in [0.2, 0.25) is 0 Å². The molecule has 260 valence electrons. The average Bonchev–Trinajstić information content (AvgIpc) is 3.23. The third-order valence-electron chi connectivity index (χ3n) is 11.9. The molecule has 0 unspecified atom stereocenters. The zero-order valence-electron chi connectivity index (χ0n) is 30.8. The lowest BCUT2D eigenvalue weighted by Crippen LogP contribution is -2.77. The van der Waals surface area contributed by atoms with E-state index in [1.165, 1.54) is 65.3 Å². The number of ether oxygens (including phenoxy) is 1. The van der Waals surface area contributed by atoms with Gasteiger partial charge >= 0.3 is 0 Å². The molecule has 3 aliphatic heterocycles. The van der Waals surface area contributed by atoms with E-state index in [9.17, 15) is 0 Å². The van der Waals surface area contributed by atoms with Crippen molar-refractivity contribution in [2.75, 3.05) is 9.80 Å². The molecule has 11 rings (SSSR count). The first-order valence-electron chi connectivity index (χ1n) is 19.1. The van der Waals surface area contributed by atoms with E-state index in [0.29, 0.717) is 0 Å². The summed E-state index contributed by atoms with van der Waals surface area (Å²) >= 11 is 0. The molecule has 0 aromatic heterocycles. The fraction of sp³-hybridized carbons (Fsp3) is 0.0400. The molecule has 0 amide bonds.